The van der Waals surface area contributed by atoms with Crippen molar-refractivity contribution in [1.82, 2.24) is 4.98 Å². The first kappa shape index (κ1) is 18.9. The van der Waals surface area contributed by atoms with Gasteiger partial charge in [0.1, 0.15) is 18.2 Å². The number of rotatable bonds is 5. The number of aromatic hydroxyl groups is 1. The predicted octanol–water partition coefficient (Wildman–Crippen LogP) is 4.10. The minimum absolute atomic E-state index is 0.00546. The summed E-state index contributed by atoms with van der Waals surface area (Å²) in [6.07, 6.45) is 0.830. The second-order valence-corrected chi connectivity index (χ2v) is 6.08. The van der Waals surface area contributed by atoms with Gasteiger partial charge in [-0.3, -0.25) is 10.1 Å². The standard InChI is InChI=1S/C21H19N3O4/c1-14-10-17(23-21(27)28-13-15-6-3-2-4-7-15)12-22-19(14)24-20(26)16-8-5-9-18(25)11-16/h2-12,25H,13H2,1H3,(H,23,27)(H,22,24,26). The number of benzene rings is 2. The summed E-state index contributed by atoms with van der Waals surface area (Å²) in [5.41, 5.74) is 2.31. The molecule has 0 fully saturated rings. The molecular weight excluding hydrogens is 358 g/mol. The summed E-state index contributed by atoms with van der Waals surface area (Å²) in [5.74, 6) is -0.0306. The lowest BCUT2D eigenvalue weighted by Crippen LogP contribution is -2.16. The quantitative estimate of drug-likeness (QED) is 0.622. The van der Waals surface area contributed by atoms with Crippen molar-refractivity contribution in [2.24, 2.45) is 0 Å². The number of aromatic nitrogens is 1. The highest BCUT2D eigenvalue weighted by molar-refractivity contribution is 6.04. The van der Waals surface area contributed by atoms with Gasteiger partial charge in [0.05, 0.1) is 11.9 Å². The van der Waals surface area contributed by atoms with Gasteiger partial charge in [0.2, 0.25) is 0 Å². The lowest BCUT2D eigenvalue weighted by atomic mass is 10.2. The Hall–Kier alpha value is -3.87. The summed E-state index contributed by atoms with van der Waals surface area (Å²) in [7, 11) is 0. The van der Waals surface area contributed by atoms with E-state index < -0.39 is 12.0 Å². The fourth-order valence-electron chi connectivity index (χ4n) is 2.48. The van der Waals surface area contributed by atoms with Crippen LogP contribution >= 0.6 is 0 Å². The average molecular weight is 377 g/mol. The number of amides is 2. The van der Waals surface area contributed by atoms with E-state index in [4.69, 9.17) is 4.74 Å². The van der Waals surface area contributed by atoms with E-state index >= 15 is 0 Å². The zero-order chi connectivity index (χ0) is 19.9. The van der Waals surface area contributed by atoms with Crippen molar-refractivity contribution in [3.05, 3.63) is 83.6 Å². The van der Waals surface area contributed by atoms with Crippen molar-refractivity contribution < 1.29 is 19.4 Å². The SMILES string of the molecule is Cc1cc(NC(=O)OCc2ccccc2)cnc1NC(=O)c1cccc(O)c1. The van der Waals surface area contributed by atoms with Gasteiger partial charge >= 0.3 is 6.09 Å². The molecule has 7 heteroatoms. The number of phenols is 1. The first-order valence-corrected chi connectivity index (χ1v) is 8.56. The number of ether oxygens (including phenoxy) is 1. The monoisotopic (exact) mass is 377 g/mol. The number of nitrogens with zero attached hydrogens (tertiary/aromatic N) is 1. The van der Waals surface area contributed by atoms with Crippen molar-refractivity contribution in [1.29, 1.82) is 0 Å². The lowest BCUT2D eigenvalue weighted by Gasteiger charge is -2.11. The van der Waals surface area contributed by atoms with E-state index in [2.05, 4.69) is 15.6 Å². The highest BCUT2D eigenvalue weighted by Crippen LogP contribution is 2.18. The number of pyridine rings is 1. The molecule has 3 aromatic rings. The molecule has 0 aliphatic heterocycles. The molecule has 3 rings (SSSR count). The highest BCUT2D eigenvalue weighted by Gasteiger charge is 2.11. The third kappa shape index (κ3) is 5.07. The molecule has 0 bridgehead atoms. The number of anilines is 2. The first-order chi connectivity index (χ1) is 13.5. The Labute approximate surface area is 162 Å². The molecule has 0 spiro atoms. The number of carbonyl (C=O) groups is 2. The van der Waals surface area contributed by atoms with Crippen LogP contribution in [0.2, 0.25) is 0 Å². The van der Waals surface area contributed by atoms with Crippen molar-refractivity contribution in [3.63, 3.8) is 0 Å². The van der Waals surface area contributed by atoms with E-state index in [1.165, 1.54) is 18.3 Å². The molecule has 0 unspecified atom stereocenters. The molecule has 1 aromatic heterocycles. The molecule has 0 aliphatic rings. The maximum atomic E-state index is 12.2. The highest BCUT2D eigenvalue weighted by atomic mass is 16.5. The molecule has 0 atom stereocenters. The largest absolute Gasteiger partial charge is 0.508 e. The van der Waals surface area contributed by atoms with E-state index in [1.54, 1.807) is 25.1 Å². The molecule has 2 amide bonds. The minimum Gasteiger partial charge on any atom is -0.508 e. The molecular formula is C21H19N3O4. The van der Waals surface area contributed by atoms with Crippen LogP contribution in [0.15, 0.2) is 66.9 Å². The Balaban J connectivity index is 1.59. The van der Waals surface area contributed by atoms with Crippen LogP contribution in [0.1, 0.15) is 21.5 Å². The summed E-state index contributed by atoms with van der Waals surface area (Å²) < 4.78 is 5.16. The summed E-state index contributed by atoms with van der Waals surface area (Å²) in [5, 5.41) is 14.8. The van der Waals surface area contributed by atoms with Crippen molar-refractivity contribution >= 4 is 23.5 Å². The number of carbonyl (C=O) groups excluding carboxylic acids is 2. The molecule has 7 nitrogen and oxygen atoms in total. The predicted molar refractivity (Wildman–Crippen MR) is 105 cm³/mol. The van der Waals surface area contributed by atoms with Crippen molar-refractivity contribution in [2.45, 2.75) is 13.5 Å². The number of nitrogens with one attached hydrogen (secondary N) is 2. The summed E-state index contributed by atoms with van der Waals surface area (Å²) >= 11 is 0. The number of hydrogen-bond donors (Lipinski definition) is 3. The van der Waals surface area contributed by atoms with E-state index in [-0.39, 0.29) is 12.4 Å². The molecule has 0 aliphatic carbocycles. The van der Waals surface area contributed by atoms with Crippen LogP contribution in [0.4, 0.5) is 16.3 Å². The molecule has 2 aromatic carbocycles. The van der Waals surface area contributed by atoms with Crippen LogP contribution < -0.4 is 10.6 Å². The van der Waals surface area contributed by atoms with Crippen LogP contribution in [0, 0.1) is 6.92 Å². The fourth-order valence-corrected chi connectivity index (χ4v) is 2.48. The average Bonchev–Trinajstić information content (AvgIpc) is 2.69. The number of hydrogen-bond acceptors (Lipinski definition) is 5. The third-order valence-corrected chi connectivity index (χ3v) is 3.88. The van der Waals surface area contributed by atoms with Gasteiger partial charge in [-0.2, -0.15) is 0 Å². The Morgan fingerprint density at radius 1 is 1.04 bits per heavy atom. The second kappa shape index (κ2) is 8.68. The molecule has 28 heavy (non-hydrogen) atoms. The van der Waals surface area contributed by atoms with Gasteiger partial charge < -0.3 is 15.2 Å². The molecule has 1 heterocycles. The maximum Gasteiger partial charge on any atom is 0.412 e. The summed E-state index contributed by atoms with van der Waals surface area (Å²) in [4.78, 5) is 28.3. The van der Waals surface area contributed by atoms with Crippen molar-refractivity contribution in [3.8, 4) is 5.75 Å². The van der Waals surface area contributed by atoms with Crippen molar-refractivity contribution in [2.75, 3.05) is 10.6 Å². The van der Waals surface area contributed by atoms with Gasteiger partial charge in [0.25, 0.3) is 5.91 Å². The minimum atomic E-state index is -0.596. The summed E-state index contributed by atoms with van der Waals surface area (Å²) in [6.45, 7) is 1.92. The topological polar surface area (TPSA) is 101 Å². The molecule has 142 valence electrons. The Bertz CT molecular complexity index is 990. The number of phenolic OH excluding ortho intramolecular Hbond substituents is 1. The van der Waals surface area contributed by atoms with E-state index in [1.807, 2.05) is 30.3 Å². The third-order valence-electron chi connectivity index (χ3n) is 3.88. The van der Waals surface area contributed by atoms with Gasteiger partial charge in [-0.1, -0.05) is 36.4 Å². The van der Waals surface area contributed by atoms with Crippen LogP contribution in [-0.4, -0.2) is 22.1 Å². The fraction of sp³-hybridized carbons (Fsp3) is 0.0952. The van der Waals surface area contributed by atoms with Crippen LogP contribution in [0.3, 0.4) is 0 Å². The first-order valence-electron chi connectivity index (χ1n) is 8.56. The Morgan fingerprint density at radius 2 is 1.82 bits per heavy atom. The zero-order valence-electron chi connectivity index (χ0n) is 15.2. The molecule has 0 radical (unpaired) electrons. The van der Waals surface area contributed by atoms with Gasteiger partial charge in [-0.15, -0.1) is 0 Å². The lowest BCUT2D eigenvalue weighted by molar-refractivity contribution is 0.102. The van der Waals surface area contributed by atoms with Crippen LogP contribution in [-0.2, 0) is 11.3 Å². The van der Waals surface area contributed by atoms with Crippen LogP contribution in [0.25, 0.3) is 0 Å². The Kier molecular flexibility index (Phi) is 5.86. The molecule has 0 saturated heterocycles. The van der Waals surface area contributed by atoms with E-state index in [0.717, 1.165) is 5.56 Å². The Morgan fingerprint density at radius 3 is 2.54 bits per heavy atom. The zero-order valence-corrected chi connectivity index (χ0v) is 15.2. The molecule has 3 N–H and O–H groups in total. The van der Waals surface area contributed by atoms with Gasteiger partial charge in [0, 0.05) is 5.56 Å². The normalized spacial score (nSPS) is 10.2. The van der Waals surface area contributed by atoms with E-state index in [0.29, 0.717) is 22.6 Å². The maximum absolute atomic E-state index is 12.2. The summed E-state index contributed by atoms with van der Waals surface area (Å²) in [6, 6.07) is 17.0. The smallest absolute Gasteiger partial charge is 0.412 e. The van der Waals surface area contributed by atoms with Crippen LogP contribution in [0.5, 0.6) is 5.75 Å². The second-order valence-electron chi connectivity index (χ2n) is 6.08. The van der Waals surface area contributed by atoms with Gasteiger partial charge in [-0.05, 0) is 42.3 Å². The van der Waals surface area contributed by atoms with E-state index in [9.17, 15) is 14.7 Å². The number of aryl methyl sites for hydroxylation is 1. The van der Waals surface area contributed by atoms with Gasteiger partial charge in [-0.25, -0.2) is 9.78 Å². The van der Waals surface area contributed by atoms with Gasteiger partial charge in [0.15, 0.2) is 0 Å². The molecule has 0 saturated carbocycles.